The molecule has 0 radical (unpaired) electrons. The summed E-state index contributed by atoms with van der Waals surface area (Å²) in [6.45, 7) is 0. The highest BCUT2D eigenvalue weighted by atomic mass is 15.1. The van der Waals surface area contributed by atoms with Gasteiger partial charge in [0, 0.05) is 33.5 Å². The molecule has 0 saturated carbocycles. The summed E-state index contributed by atoms with van der Waals surface area (Å²) in [4.78, 5) is 15.7. The van der Waals surface area contributed by atoms with Gasteiger partial charge >= 0.3 is 0 Å². The highest BCUT2D eigenvalue weighted by molar-refractivity contribution is 6.09. The van der Waals surface area contributed by atoms with Crippen LogP contribution < -0.4 is 0 Å². The van der Waals surface area contributed by atoms with Gasteiger partial charge in [0.05, 0.1) is 22.2 Å². The average Bonchev–Trinajstić information content (AvgIpc) is 3.82. The highest BCUT2D eigenvalue weighted by Gasteiger charge is 2.22. The van der Waals surface area contributed by atoms with Crippen LogP contribution in [0.15, 0.2) is 188 Å². The first-order chi connectivity index (χ1) is 25.8. The molecule has 0 N–H and O–H groups in total. The van der Waals surface area contributed by atoms with E-state index in [0.29, 0.717) is 0 Å². The third kappa shape index (κ3) is 4.98. The van der Waals surface area contributed by atoms with Gasteiger partial charge in [-0.3, -0.25) is 9.13 Å². The second-order valence-electron chi connectivity index (χ2n) is 12.9. The van der Waals surface area contributed by atoms with Gasteiger partial charge in [-0.05, 0) is 53.6 Å². The predicted molar refractivity (Wildman–Crippen MR) is 213 cm³/mol. The zero-order valence-corrected chi connectivity index (χ0v) is 28.1. The highest BCUT2D eigenvalue weighted by Crippen LogP contribution is 2.38. The number of imidazole rings is 2. The lowest BCUT2D eigenvalue weighted by atomic mass is 10.0. The Morgan fingerprint density at radius 1 is 0.327 bits per heavy atom. The van der Waals surface area contributed by atoms with Gasteiger partial charge < -0.3 is 0 Å². The monoisotopic (exact) mass is 665 g/mol. The molecule has 7 aromatic carbocycles. The van der Waals surface area contributed by atoms with Crippen molar-refractivity contribution in [1.29, 1.82) is 0 Å². The maximum Gasteiger partial charge on any atom is 0.145 e. The summed E-state index contributed by atoms with van der Waals surface area (Å²) in [5, 5.41) is 1.03. The number of rotatable bonds is 6. The maximum absolute atomic E-state index is 5.39. The Hall–Kier alpha value is -7.11. The maximum atomic E-state index is 5.39. The van der Waals surface area contributed by atoms with Crippen molar-refractivity contribution in [3.63, 3.8) is 0 Å². The predicted octanol–water partition coefficient (Wildman–Crippen LogP) is 11.6. The first-order valence-corrected chi connectivity index (χ1v) is 17.5. The summed E-state index contributed by atoms with van der Waals surface area (Å²) in [6, 6.07) is 65.3. The first kappa shape index (κ1) is 29.8. The zero-order valence-electron chi connectivity index (χ0n) is 28.1. The summed E-state index contributed by atoms with van der Waals surface area (Å²) < 4.78 is 4.50. The molecule has 5 nitrogen and oxygen atoms in total. The smallest absolute Gasteiger partial charge is 0.145 e. The lowest BCUT2D eigenvalue weighted by Gasteiger charge is -2.13. The Bertz CT molecular complexity index is 2860. The molecule has 3 heterocycles. The molecule has 10 rings (SSSR count). The standard InChI is InChI=1S/C47H31N5/c1-4-14-34(15-5-1)43-45-44(39-20-10-11-21-40(39)48-43)50-47(52(45)38-18-8-3-9-19-38)36-30-26-33(27-31-36)32-24-28-35(29-25-32)46-49-41-22-12-13-23-42(41)51(46)37-16-6-2-7-17-37/h1-31H. The quantitative estimate of drug-likeness (QED) is 0.178. The third-order valence-corrected chi connectivity index (χ3v) is 9.75. The molecule has 5 heteroatoms. The molecular formula is C47H31N5. The number of benzene rings is 7. The number of hydrogen-bond acceptors (Lipinski definition) is 3. The lowest BCUT2D eigenvalue weighted by Crippen LogP contribution is -2.00. The average molecular weight is 666 g/mol. The van der Waals surface area contributed by atoms with E-state index in [1.165, 1.54) is 0 Å². The van der Waals surface area contributed by atoms with Crippen molar-refractivity contribution in [2.24, 2.45) is 0 Å². The number of pyridine rings is 1. The van der Waals surface area contributed by atoms with Crippen LogP contribution >= 0.6 is 0 Å². The summed E-state index contributed by atoms with van der Waals surface area (Å²) in [7, 11) is 0. The Kier molecular flexibility index (Phi) is 7.07. The van der Waals surface area contributed by atoms with Crippen LogP contribution in [0.1, 0.15) is 0 Å². The number of fused-ring (bicyclic) bond motifs is 4. The van der Waals surface area contributed by atoms with Crippen LogP contribution in [0.25, 0.3) is 89.5 Å². The molecule has 0 unspecified atom stereocenters. The Morgan fingerprint density at radius 3 is 1.44 bits per heavy atom. The van der Waals surface area contributed by atoms with Crippen LogP contribution in [0.2, 0.25) is 0 Å². The van der Waals surface area contributed by atoms with Gasteiger partial charge in [0.2, 0.25) is 0 Å². The van der Waals surface area contributed by atoms with Gasteiger partial charge in [-0.15, -0.1) is 0 Å². The Morgan fingerprint density at radius 2 is 0.808 bits per heavy atom. The minimum absolute atomic E-state index is 0.873. The van der Waals surface area contributed by atoms with Crippen molar-refractivity contribution in [1.82, 2.24) is 24.1 Å². The van der Waals surface area contributed by atoms with Crippen molar-refractivity contribution in [2.75, 3.05) is 0 Å². The van der Waals surface area contributed by atoms with Crippen LogP contribution in [0.4, 0.5) is 0 Å². The molecule has 0 fully saturated rings. The van der Waals surface area contributed by atoms with E-state index in [1.807, 2.05) is 30.3 Å². The van der Waals surface area contributed by atoms with E-state index in [-0.39, 0.29) is 0 Å². The fraction of sp³-hybridized carbons (Fsp3) is 0. The molecule has 0 saturated heterocycles. The molecule has 0 bridgehead atoms. The molecular weight excluding hydrogens is 635 g/mol. The minimum atomic E-state index is 0.873. The van der Waals surface area contributed by atoms with Gasteiger partial charge in [-0.2, -0.15) is 0 Å². The van der Waals surface area contributed by atoms with Gasteiger partial charge in [0.15, 0.2) is 0 Å². The lowest BCUT2D eigenvalue weighted by molar-refractivity contribution is 1.10. The topological polar surface area (TPSA) is 48.5 Å². The normalized spacial score (nSPS) is 11.5. The summed E-state index contributed by atoms with van der Waals surface area (Å²) in [5.74, 6) is 1.80. The number of aromatic nitrogens is 5. The molecule has 0 aliphatic carbocycles. The third-order valence-electron chi connectivity index (χ3n) is 9.75. The van der Waals surface area contributed by atoms with Crippen molar-refractivity contribution < 1.29 is 0 Å². The first-order valence-electron chi connectivity index (χ1n) is 17.5. The SMILES string of the molecule is c1ccc(-c2nc3ccccc3c3nc(-c4ccc(-c5ccc(-c6nc7ccccc7n6-c6ccccc6)cc5)cc4)n(-c4ccccc4)c23)cc1. The largest absolute Gasteiger partial charge is 0.292 e. The number of hydrogen-bond donors (Lipinski definition) is 0. The van der Waals surface area contributed by atoms with E-state index < -0.39 is 0 Å². The molecule has 10 aromatic rings. The van der Waals surface area contributed by atoms with Crippen LogP contribution in [0, 0.1) is 0 Å². The van der Waals surface area contributed by atoms with Crippen LogP contribution in [0.3, 0.4) is 0 Å². The molecule has 52 heavy (non-hydrogen) atoms. The fourth-order valence-corrected chi connectivity index (χ4v) is 7.27. The van der Waals surface area contributed by atoms with E-state index in [4.69, 9.17) is 15.0 Å². The van der Waals surface area contributed by atoms with Crippen molar-refractivity contribution in [2.45, 2.75) is 0 Å². The Balaban J connectivity index is 1.08. The molecule has 0 atom stereocenters. The van der Waals surface area contributed by atoms with Gasteiger partial charge in [0.1, 0.15) is 22.7 Å². The van der Waals surface area contributed by atoms with Crippen molar-refractivity contribution in [3.05, 3.63) is 188 Å². The van der Waals surface area contributed by atoms with Crippen molar-refractivity contribution in [3.8, 4) is 56.5 Å². The van der Waals surface area contributed by atoms with Gasteiger partial charge in [-0.1, -0.05) is 146 Å². The minimum Gasteiger partial charge on any atom is -0.292 e. The second-order valence-corrected chi connectivity index (χ2v) is 12.9. The summed E-state index contributed by atoms with van der Waals surface area (Å²) in [5.41, 5.74) is 13.4. The van der Waals surface area contributed by atoms with E-state index >= 15 is 0 Å². The van der Waals surface area contributed by atoms with E-state index in [0.717, 1.165) is 89.5 Å². The van der Waals surface area contributed by atoms with E-state index in [2.05, 4.69) is 167 Å². The van der Waals surface area contributed by atoms with Crippen LogP contribution in [-0.4, -0.2) is 24.1 Å². The Labute approximate surface area is 300 Å². The van der Waals surface area contributed by atoms with Crippen LogP contribution in [0.5, 0.6) is 0 Å². The zero-order chi connectivity index (χ0) is 34.4. The fourth-order valence-electron chi connectivity index (χ4n) is 7.27. The molecule has 0 aliphatic rings. The van der Waals surface area contributed by atoms with Gasteiger partial charge in [0.25, 0.3) is 0 Å². The summed E-state index contributed by atoms with van der Waals surface area (Å²) in [6.07, 6.45) is 0. The molecule has 0 spiro atoms. The molecule has 0 aliphatic heterocycles. The van der Waals surface area contributed by atoms with Gasteiger partial charge in [-0.25, -0.2) is 15.0 Å². The van der Waals surface area contributed by atoms with Crippen LogP contribution in [-0.2, 0) is 0 Å². The second kappa shape index (κ2) is 12.3. The molecule has 0 amide bonds. The number of nitrogens with zero attached hydrogens (tertiary/aromatic N) is 5. The summed E-state index contributed by atoms with van der Waals surface area (Å²) >= 11 is 0. The van der Waals surface area contributed by atoms with E-state index in [9.17, 15) is 0 Å². The molecule has 3 aromatic heterocycles. The van der Waals surface area contributed by atoms with E-state index in [1.54, 1.807) is 0 Å². The van der Waals surface area contributed by atoms with Crippen molar-refractivity contribution >= 4 is 33.0 Å². The number of para-hydroxylation sites is 5. The molecule has 244 valence electrons.